The highest BCUT2D eigenvalue weighted by molar-refractivity contribution is 5.95. The van der Waals surface area contributed by atoms with E-state index < -0.39 is 0 Å². The summed E-state index contributed by atoms with van der Waals surface area (Å²) in [4.78, 5) is 12.1. The quantitative estimate of drug-likeness (QED) is 0.390. The van der Waals surface area contributed by atoms with Gasteiger partial charge >= 0.3 is 0 Å². The summed E-state index contributed by atoms with van der Waals surface area (Å²) >= 11 is 0. The van der Waals surface area contributed by atoms with E-state index in [2.05, 4.69) is 17.5 Å². The molecule has 0 bridgehead atoms. The molecular weight excluding hydrogens is 328 g/mol. The molecule has 5 nitrogen and oxygen atoms in total. The Morgan fingerprint density at radius 2 is 1.85 bits per heavy atom. The zero-order valence-electron chi connectivity index (χ0n) is 15.4. The number of methoxy groups -OCH3 is 1. The van der Waals surface area contributed by atoms with Gasteiger partial charge in [-0.05, 0) is 42.8 Å². The van der Waals surface area contributed by atoms with Gasteiger partial charge in [0.2, 0.25) is 0 Å². The number of hydrazone groups is 1. The van der Waals surface area contributed by atoms with Gasteiger partial charge in [0.15, 0.2) is 0 Å². The first-order chi connectivity index (χ1) is 12.7. The minimum absolute atomic E-state index is 0.276. The number of nitrogens with zero attached hydrogens (tertiary/aromatic N) is 1. The third-order valence-corrected chi connectivity index (χ3v) is 3.90. The fourth-order valence-electron chi connectivity index (χ4n) is 2.40. The summed E-state index contributed by atoms with van der Waals surface area (Å²) in [6, 6.07) is 14.5. The molecule has 0 unspecified atom stereocenters. The summed E-state index contributed by atoms with van der Waals surface area (Å²) in [5.74, 6) is 1.20. The van der Waals surface area contributed by atoms with Gasteiger partial charge in [-0.1, -0.05) is 38.3 Å². The highest BCUT2D eigenvalue weighted by Gasteiger charge is 2.05. The molecule has 0 fully saturated rings. The fraction of sp³-hybridized carbons (Fsp3) is 0.333. The molecule has 1 N–H and O–H groups in total. The molecule has 2 aromatic carbocycles. The lowest BCUT2D eigenvalue weighted by atomic mass is 10.2. The highest BCUT2D eigenvalue weighted by atomic mass is 16.5. The SMILES string of the molecule is CCCCCCOc1ccccc1/C=N\NC(=O)c1ccc(OC)cc1. The second-order valence-electron chi connectivity index (χ2n) is 5.87. The van der Waals surface area contributed by atoms with Crippen LogP contribution in [0.25, 0.3) is 0 Å². The Bertz CT molecular complexity index is 711. The number of para-hydroxylation sites is 1. The van der Waals surface area contributed by atoms with Crippen LogP contribution in [0.5, 0.6) is 11.5 Å². The minimum Gasteiger partial charge on any atom is -0.497 e. The van der Waals surface area contributed by atoms with Crippen molar-refractivity contribution in [1.82, 2.24) is 5.43 Å². The van der Waals surface area contributed by atoms with Crippen molar-refractivity contribution in [1.29, 1.82) is 0 Å². The molecule has 0 aliphatic rings. The largest absolute Gasteiger partial charge is 0.497 e. The molecule has 0 heterocycles. The van der Waals surface area contributed by atoms with E-state index in [1.54, 1.807) is 37.6 Å². The number of unbranched alkanes of at least 4 members (excludes halogenated alkanes) is 3. The molecule has 0 aliphatic carbocycles. The number of rotatable bonds is 10. The van der Waals surface area contributed by atoms with Gasteiger partial charge in [-0.3, -0.25) is 4.79 Å². The Kier molecular flexibility index (Phi) is 8.19. The molecule has 138 valence electrons. The highest BCUT2D eigenvalue weighted by Crippen LogP contribution is 2.16. The number of carbonyl (C=O) groups is 1. The van der Waals surface area contributed by atoms with E-state index in [4.69, 9.17) is 9.47 Å². The third-order valence-electron chi connectivity index (χ3n) is 3.90. The number of benzene rings is 2. The van der Waals surface area contributed by atoms with E-state index in [1.165, 1.54) is 19.3 Å². The maximum Gasteiger partial charge on any atom is 0.271 e. The van der Waals surface area contributed by atoms with Crippen LogP contribution in [0.2, 0.25) is 0 Å². The molecule has 26 heavy (non-hydrogen) atoms. The summed E-state index contributed by atoms with van der Waals surface area (Å²) in [6.45, 7) is 2.87. The number of nitrogens with one attached hydrogen (secondary N) is 1. The molecule has 0 aliphatic heterocycles. The lowest BCUT2D eigenvalue weighted by Crippen LogP contribution is -2.17. The van der Waals surface area contributed by atoms with Crippen molar-refractivity contribution >= 4 is 12.1 Å². The number of hydrogen-bond donors (Lipinski definition) is 1. The van der Waals surface area contributed by atoms with E-state index in [-0.39, 0.29) is 5.91 Å². The molecule has 2 aromatic rings. The van der Waals surface area contributed by atoms with Gasteiger partial charge in [0.05, 0.1) is 19.9 Å². The van der Waals surface area contributed by atoms with E-state index in [1.807, 2.05) is 24.3 Å². The predicted octanol–water partition coefficient (Wildman–Crippen LogP) is 4.42. The van der Waals surface area contributed by atoms with Crippen molar-refractivity contribution < 1.29 is 14.3 Å². The standard InChI is InChI=1S/C21H26N2O3/c1-3-4-5-8-15-26-20-10-7-6-9-18(20)16-22-23-21(24)17-11-13-19(25-2)14-12-17/h6-7,9-14,16H,3-5,8,15H2,1-2H3,(H,23,24)/b22-16-. The van der Waals surface area contributed by atoms with Crippen molar-refractivity contribution in [3.63, 3.8) is 0 Å². The first-order valence-corrected chi connectivity index (χ1v) is 8.94. The maximum atomic E-state index is 12.1. The monoisotopic (exact) mass is 354 g/mol. The summed E-state index contributed by atoms with van der Waals surface area (Å²) < 4.78 is 10.9. The van der Waals surface area contributed by atoms with Crippen LogP contribution in [0.3, 0.4) is 0 Å². The molecule has 0 saturated heterocycles. The van der Waals surface area contributed by atoms with Crippen LogP contribution in [-0.2, 0) is 0 Å². The van der Waals surface area contributed by atoms with E-state index >= 15 is 0 Å². The van der Waals surface area contributed by atoms with Crippen molar-refractivity contribution in [2.24, 2.45) is 5.10 Å². The molecule has 0 radical (unpaired) electrons. The fourth-order valence-corrected chi connectivity index (χ4v) is 2.40. The second-order valence-corrected chi connectivity index (χ2v) is 5.87. The lowest BCUT2D eigenvalue weighted by Gasteiger charge is -2.08. The zero-order valence-corrected chi connectivity index (χ0v) is 15.4. The van der Waals surface area contributed by atoms with E-state index in [9.17, 15) is 4.79 Å². The van der Waals surface area contributed by atoms with Crippen molar-refractivity contribution in [2.75, 3.05) is 13.7 Å². The molecule has 1 amide bonds. The summed E-state index contributed by atoms with van der Waals surface area (Å²) in [5.41, 5.74) is 3.88. The lowest BCUT2D eigenvalue weighted by molar-refractivity contribution is 0.0955. The predicted molar refractivity (Wildman–Crippen MR) is 104 cm³/mol. The normalized spacial score (nSPS) is 10.7. The van der Waals surface area contributed by atoms with Gasteiger partial charge in [-0.2, -0.15) is 5.10 Å². The first kappa shape index (κ1) is 19.5. The van der Waals surface area contributed by atoms with Gasteiger partial charge < -0.3 is 9.47 Å². The number of carbonyl (C=O) groups excluding carboxylic acids is 1. The number of hydrogen-bond acceptors (Lipinski definition) is 4. The van der Waals surface area contributed by atoms with Crippen molar-refractivity contribution in [2.45, 2.75) is 32.6 Å². The molecule has 0 aromatic heterocycles. The second kappa shape index (κ2) is 10.9. The first-order valence-electron chi connectivity index (χ1n) is 8.94. The Labute approximate surface area is 155 Å². The van der Waals surface area contributed by atoms with E-state index in [0.29, 0.717) is 17.9 Å². The Morgan fingerprint density at radius 3 is 2.58 bits per heavy atom. The van der Waals surface area contributed by atoms with Crippen LogP contribution < -0.4 is 14.9 Å². The van der Waals surface area contributed by atoms with Gasteiger partial charge in [0, 0.05) is 11.1 Å². The minimum atomic E-state index is -0.276. The van der Waals surface area contributed by atoms with Crippen LogP contribution in [0.1, 0.15) is 48.5 Å². The van der Waals surface area contributed by atoms with Gasteiger partial charge in [0.25, 0.3) is 5.91 Å². The smallest absolute Gasteiger partial charge is 0.271 e. The molecule has 0 saturated carbocycles. The topological polar surface area (TPSA) is 59.9 Å². The third kappa shape index (κ3) is 6.24. The Hall–Kier alpha value is -2.82. The maximum absolute atomic E-state index is 12.1. The van der Waals surface area contributed by atoms with Crippen LogP contribution in [0.4, 0.5) is 0 Å². The van der Waals surface area contributed by atoms with Crippen molar-refractivity contribution in [3.05, 3.63) is 59.7 Å². The van der Waals surface area contributed by atoms with Gasteiger partial charge in [0.1, 0.15) is 11.5 Å². The number of ether oxygens (including phenoxy) is 2. The van der Waals surface area contributed by atoms with Gasteiger partial charge in [-0.25, -0.2) is 5.43 Å². The van der Waals surface area contributed by atoms with E-state index in [0.717, 1.165) is 17.7 Å². The molecule has 0 atom stereocenters. The number of amides is 1. The van der Waals surface area contributed by atoms with Crippen LogP contribution >= 0.6 is 0 Å². The van der Waals surface area contributed by atoms with Crippen LogP contribution in [0, 0.1) is 0 Å². The summed E-state index contributed by atoms with van der Waals surface area (Å²) in [5, 5.41) is 4.04. The Balaban J connectivity index is 1.89. The summed E-state index contributed by atoms with van der Waals surface area (Å²) in [7, 11) is 1.59. The molecule has 0 spiro atoms. The van der Waals surface area contributed by atoms with Crippen molar-refractivity contribution in [3.8, 4) is 11.5 Å². The van der Waals surface area contributed by atoms with Crippen LogP contribution in [0.15, 0.2) is 53.6 Å². The van der Waals surface area contributed by atoms with Crippen LogP contribution in [-0.4, -0.2) is 25.8 Å². The molecule has 5 heteroatoms. The average Bonchev–Trinajstić information content (AvgIpc) is 2.69. The Morgan fingerprint density at radius 1 is 1.08 bits per heavy atom. The zero-order chi connectivity index (χ0) is 18.6. The molecule has 2 rings (SSSR count). The average molecular weight is 354 g/mol. The van der Waals surface area contributed by atoms with Gasteiger partial charge in [-0.15, -0.1) is 0 Å². The molecular formula is C21H26N2O3. The summed E-state index contributed by atoms with van der Waals surface area (Å²) in [6.07, 6.45) is 6.24.